The number of carbonyl (C=O) groups excluding carboxylic acids is 2. The first-order valence-corrected chi connectivity index (χ1v) is 12.8. The van der Waals surface area contributed by atoms with Gasteiger partial charge in [-0.2, -0.15) is 0 Å². The average molecular weight is 457 g/mol. The molecule has 0 aromatic carbocycles. The normalized spacial score (nSPS) is 37.1. The van der Waals surface area contributed by atoms with Crippen LogP contribution >= 0.6 is 0 Å². The third kappa shape index (κ3) is 3.64. The number of carboxylic acids is 1. The van der Waals surface area contributed by atoms with E-state index in [1.807, 2.05) is 19.9 Å². The molecule has 0 aliphatic heterocycles. The van der Waals surface area contributed by atoms with Crippen molar-refractivity contribution in [3.8, 4) is 0 Å². The zero-order valence-electron chi connectivity index (χ0n) is 20.9. The predicted molar refractivity (Wildman–Crippen MR) is 127 cm³/mol. The van der Waals surface area contributed by atoms with Crippen LogP contribution in [0.2, 0.25) is 0 Å². The lowest BCUT2D eigenvalue weighted by Gasteiger charge is -2.57. The summed E-state index contributed by atoms with van der Waals surface area (Å²) in [5.74, 6) is 0.625. The molecule has 0 heterocycles. The quantitative estimate of drug-likeness (QED) is 0.638. The van der Waals surface area contributed by atoms with E-state index in [-0.39, 0.29) is 28.7 Å². The number of carbonyl (C=O) groups is 3. The van der Waals surface area contributed by atoms with E-state index in [1.54, 1.807) is 11.9 Å². The molecule has 1 N–H and O–H groups in total. The number of hydrogen-bond acceptors (Lipinski definition) is 3. The van der Waals surface area contributed by atoms with E-state index in [9.17, 15) is 19.5 Å². The minimum Gasteiger partial charge on any atom is -0.478 e. The maximum atomic E-state index is 13.5. The Labute approximate surface area is 198 Å². The molecule has 2 fully saturated rings. The van der Waals surface area contributed by atoms with Crippen LogP contribution in [0.5, 0.6) is 0 Å². The van der Waals surface area contributed by atoms with Gasteiger partial charge in [0.1, 0.15) is 0 Å². The summed E-state index contributed by atoms with van der Waals surface area (Å²) in [5.41, 5.74) is 1.70. The second kappa shape index (κ2) is 8.59. The molecule has 2 saturated carbocycles. The maximum Gasteiger partial charge on any atom is 0.331 e. The maximum absolute atomic E-state index is 13.5. The molecule has 4 rings (SSSR count). The van der Waals surface area contributed by atoms with Crippen molar-refractivity contribution >= 4 is 17.9 Å². The fourth-order valence-electron chi connectivity index (χ4n) is 7.93. The Kier molecular flexibility index (Phi) is 6.25. The molecule has 33 heavy (non-hydrogen) atoms. The SMILES string of the molecule is CCN(CC)C(=O)N(C)C(=O)[C@H]1CC[C@H]2[C@@H]3CC=C4C=C(C(=O)O)CC[C@]4(C)[C@H]3CC[C@]12C. The fraction of sp³-hybridized carbons (Fsp3) is 0.741. The lowest BCUT2D eigenvalue weighted by Crippen LogP contribution is -2.52. The predicted octanol–water partition coefficient (Wildman–Crippen LogP) is 5.11. The van der Waals surface area contributed by atoms with Crippen molar-refractivity contribution in [2.75, 3.05) is 20.1 Å². The highest BCUT2D eigenvalue weighted by Crippen LogP contribution is 2.66. The van der Waals surface area contributed by atoms with Crippen LogP contribution in [-0.4, -0.2) is 53.0 Å². The minimum absolute atomic E-state index is 0.0136. The van der Waals surface area contributed by atoms with Gasteiger partial charge in [0, 0.05) is 31.6 Å². The first-order chi connectivity index (χ1) is 15.6. The highest BCUT2D eigenvalue weighted by Gasteiger charge is 2.60. The molecule has 6 atom stereocenters. The molecule has 0 aromatic rings. The Morgan fingerprint density at radius 1 is 1.06 bits per heavy atom. The van der Waals surface area contributed by atoms with E-state index in [2.05, 4.69) is 19.9 Å². The summed E-state index contributed by atoms with van der Waals surface area (Å²) in [7, 11) is 1.65. The molecule has 4 aliphatic rings. The van der Waals surface area contributed by atoms with Crippen LogP contribution < -0.4 is 0 Å². The molecule has 0 bridgehead atoms. The number of rotatable bonds is 4. The van der Waals surface area contributed by atoms with Crippen molar-refractivity contribution < 1.29 is 19.5 Å². The summed E-state index contributed by atoms with van der Waals surface area (Å²) in [5, 5.41) is 9.47. The van der Waals surface area contributed by atoms with Gasteiger partial charge in [0.25, 0.3) is 0 Å². The van der Waals surface area contributed by atoms with E-state index >= 15 is 0 Å². The Morgan fingerprint density at radius 2 is 1.76 bits per heavy atom. The van der Waals surface area contributed by atoms with Crippen LogP contribution in [0.4, 0.5) is 4.79 Å². The second-order valence-electron chi connectivity index (χ2n) is 11.2. The standard InChI is InChI=1S/C27H40N2O4/c1-6-29(7-2)25(33)28(5)23(30)22-11-10-20-19-9-8-18-16-17(24(31)32)12-14-26(18,3)21(19)13-15-27(20,22)4/h8,16,19-22H,6-7,9-15H2,1-5H3,(H,31,32)/t19-,20-,21-,22+,26-,27-/m0/s1. The number of allylic oxidation sites excluding steroid dienone is 3. The molecule has 6 nitrogen and oxygen atoms in total. The number of fused-ring (bicyclic) bond motifs is 5. The number of carboxylic acid groups (broad SMARTS) is 1. The Hall–Kier alpha value is -2.11. The molecule has 0 spiro atoms. The van der Waals surface area contributed by atoms with E-state index in [4.69, 9.17) is 0 Å². The molecular weight excluding hydrogens is 416 g/mol. The van der Waals surface area contributed by atoms with Gasteiger partial charge in [0.05, 0.1) is 0 Å². The Bertz CT molecular complexity index is 904. The van der Waals surface area contributed by atoms with Crippen LogP contribution in [0.15, 0.2) is 23.3 Å². The number of amides is 3. The third-order valence-corrected chi connectivity index (χ3v) is 9.99. The molecule has 182 valence electrons. The van der Waals surface area contributed by atoms with Gasteiger partial charge in [0.2, 0.25) is 5.91 Å². The number of imide groups is 1. The molecule has 4 aliphatic carbocycles. The topological polar surface area (TPSA) is 77.9 Å². The van der Waals surface area contributed by atoms with Gasteiger partial charge in [-0.15, -0.1) is 0 Å². The second-order valence-corrected chi connectivity index (χ2v) is 11.2. The van der Waals surface area contributed by atoms with Crippen molar-refractivity contribution in [2.24, 2.45) is 34.5 Å². The molecule has 0 unspecified atom stereocenters. The van der Waals surface area contributed by atoms with Crippen LogP contribution in [0.3, 0.4) is 0 Å². The summed E-state index contributed by atoms with van der Waals surface area (Å²) in [6, 6.07) is -0.188. The number of aliphatic carboxylic acids is 1. The van der Waals surface area contributed by atoms with Gasteiger partial charge in [-0.1, -0.05) is 19.9 Å². The summed E-state index contributed by atoms with van der Waals surface area (Å²) >= 11 is 0. The van der Waals surface area contributed by atoms with Crippen LogP contribution in [0, 0.1) is 34.5 Å². The van der Waals surface area contributed by atoms with E-state index in [0.717, 1.165) is 38.5 Å². The zero-order valence-corrected chi connectivity index (χ0v) is 20.9. The Morgan fingerprint density at radius 3 is 2.39 bits per heavy atom. The molecule has 0 radical (unpaired) electrons. The summed E-state index contributed by atoms with van der Waals surface area (Å²) in [6.07, 6.45) is 10.7. The lowest BCUT2D eigenvalue weighted by atomic mass is 9.48. The highest BCUT2D eigenvalue weighted by atomic mass is 16.4. The van der Waals surface area contributed by atoms with Crippen LogP contribution in [-0.2, 0) is 9.59 Å². The van der Waals surface area contributed by atoms with E-state index in [1.165, 1.54) is 10.5 Å². The number of hydrogen-bond donors (Lipinski definition) is 1. The van der Waals surface area contributed by atoms with Gasteiger partial charge in [-0.25, -0.2) is 9.59 Å². The van der Waals surface area contributed by atoms with Crippen molar-refractivity contribution in [2.45, 2.75) is 72.6 Å². The summed E-state index contributed by atoms with van der Waals surface area (Å²) in [6.45, 7) is 9.73. The molecular formula is C27H40N2O4. The molecule has 6 heteroatoms. The monoisotopic (exact) mass is 456 g/mol. The van der Waals surface area contributed by atoms with Crippen LogP contribution in [0.1, 0.15) is 72.6 Å². The Balaban J connectivity index is 1.56. The summed E-state index contributed by atoms with van der Waals surface area (Å²) in [4.78, 5) is 41.0. The van der Waals surface area contributed by atoms with Crippen molar-refractivity contribution in [3.63, 3.8) is 0 Å². The van der Waals surface area contributed by atoms with Crippen molar-refractivity contribution in [1.82, 2.24) is 9.80 Å². The molecule has 0 aromatic heterocycles. The van der Waals surface area contributed by atoms with Crippen molar-refractivity contribution in [1.29, 1.82) is 0 Å². The van der Waals surface area contributed by atoms with E-state index < -0.39 is 5.97 Å². The highest BCUT2D eigenvalue weighted by molar-refractivity contribution is 5.95. The largest absolute Gasteiger partial charge is 0.478 e. The first-order valence-electron chi connectivity index (χ1n) is 12.8. The minimum atomic E-state index is -0.795. The third-order valence-electron chi connectivity index (χ3n) is 9.99. The number of urea groups is 1. The van der Waals surface area contributed by atoms with Gasteiger partial charge in [-0.3, -0.25) is 9.69 Å². The smallest absolute Gasteiger partial charge is 0.331 e. The van der Waals surface area contributed by atoms with Gasteiger partial charge >= 0.3 is 12.0 Å². The average Bonchev–Trinajstić information content (AvgIpc) is 3.15. The van der Waals surface area contributed by atoms with Crippen LogP contribution in [0.25, 0.3) is 0 Å². The number of nitrogens with zero attached hydrogens (tertiary/aromatic N) is 2. The zero-order chi connectivity index (χ0) is 24.1. The van der Waals surface area contributed by atoms with Crippen molar-refractivity contribution in [3.05, 3.63) is 23.3 Å². The van der Waals surface area contributed by atoms with Gasteiger partial charge in [-0.05, 0) is 99.0 Å². The summed E-state index contributed by atoms with van der Waals surface area (Å²) < 4.78 is 0. The van der Waals surface area contributed by atoms with Gasteiger partial charge < -0.3 is 10.0 Å². The molecule has 0 saturated heterocycles. The molecule has 3 amide bonds. The fourth-order valence-corrected chi connectivity index (χ4v) is 7.93. The first kappa shape index (κ1) is 24.0. The van der Waals surface area contributed by atoms with E-state index in [0.29, 0.717) is 42.8 Å². The van der Waals surface area contributed by atoms with Gasteiger partial charge in [0.15, 0.2) is 0 Å². The lowest BCUT2D eigenvalue weighted by molar-refractivity contribution is -0.138.